The van der Waals surface area contributed by atoms with Gasteiger partial charge in [-0.3, -0.25) is 0 Å². The summed E-state index contributed by atoms with van der Waals surface area (Å²) in [6, 6.07) is 17.6. The van der Waals surface area contributed by atoms with Gasteiger partial charge in [-0.05, 0) is 48.9 Å². The Hall–Kier alpha value is -1.76. The zero-order chi connectivity index (χ0) is 17.7. The molecule has 2 aromatic rings. The molecule has 0 aromatic heterocycles. The van der Waals surface area contributed by atoms with E-state index in [9.17, 15) is 0 Å². The zero-order valence-corrected chi connectivity index (χ0v) is 16.2. The molecule has 1 heteroatoms. The van der Waals surface area contributed by atoms with Crippen LogP contribution >= 0.6 is 0 Å². The number of anilines is 2. The highest BCUT2D eigenvalue weighted by Gasteiger charge is 2.06. The van der Waals surface area contributed by atoms with E-state index in [1.807, 2.05) is 0 Å². The highest BCUT2D eigenvalue weighted by Crippen LogP contribution is 2.26. The summed E-state index contributed by atoms with van der Waals surface area (Å²) in [5.74, 6) is 0. The van der Waals surface area contributed by atoms with Gasteiger partial charge in [0, 0.05) is 11.4 Å². The molecular formula is C24H35N. The Balaban J connectivity index is 2.01. The molecule has 0 radical (unpaired) electrons. The molecule has 2 aromatic carbocycles. The van der Waals surface area contributed by atoms with Crippen molar-refractivity contribution in [2.75, 3.05) is 5.32 Å². The van der Waals surface area contributed by atoms with E-state index in [2.05, 4.69) is 67.7 Å². The minimum Gasteiger partial charge on any atom is -0.355 e. The first-order valence-electron chi connectivity index (χ1n) is 10.3. The molecule has 0 bridgehead atoms. The second-order valence-electron chi connectivity index (χ2n) is 7.06. The fourth-order valence-electron chi connectivity index (χ4n) is 3.35. The topological polar surface area (TPSA) is 12.0 Å². The maximum atomic E-state index is 3.72. The third-order valence-electron chi connectivity index (χ3n) is 4.90. The van der Waals surface area contributed by atoms with Crippen molar-refractivity contribution in [3.05, 3.63) is 59.7 Å². The van der Waals surface area contributed by atoms with Crippen LogP contribution in [-0.4, -0.2) is 0 Å². The summed E-state index contributed by atoms with van der Waals surface area (Å²) < 4.78 is 0. The Kier molecular flexibility index (Phi) is 9.18. The van der Waals surface area contributed by atoms with E-state index in [1.165, 1.54) is 86.7 Å². The lowest BCUT2D eigenvalue weighted by atomic mass is 10.0. The monoisotopic (exact) mass is 337 g/mol. The highest BCUT2D eigenvalue weighted by molar-refractivity contribution is 5.66. The van der Waals surface area contributed by atoms with E-state index in [0.29, 0.717) is 0 Å². The summed E-state index contributed by atoms with van der Waals surface area (Å²) in [6.45, 7) is 4.54. The standard InChI is InChI=1S/C24H35N/c1-3-5-7-9-15-21-17-11-13-19-23(21)25-24-20-14-12-18-22(24)16-10-8-6-4-2/h11-14,17-20,25H,3-10,15-16H2,1-2H3. The molecule has 25 heavy (non-hydrogen) atoms. The minimum atomic E-state index is 1.17. The second-order valence-corrected chi connectivity index (χ2v) is 7.06. The van der Waals surface area contributed by atoms with Gasteiger partial charge < -0.3 is 5.32 Å². The van der Waals surface area contributed by atoms with Crippen molar-refractivity contribution >= 4 is 11.4 Å². The molecular weight excluding hydrogens is 302 g/mol. The molecule has 2 rings (SSSR count). The predicted octanol–water partition coefficient (Wildman–Crippen LogP) is 7.68. The minimum absolute atomic E-state index is 1.17. The summed E-state index contributed by atoms with van der Waals surface area (Å²) in [5.41, 5.74) is 5.44. The van der Waals surface area contributed by atoms with Crippen LogP contribution in [0.2, 0.25) is 0 Å². The molecule has 1 N–H and O–H groups in total. The average molecular weight is 338 g/mol. The Morgan fingerprint density at radius 1 is 0.560 bits per heavy atom. The zero-order valence-electron chi connectivity index (χ0n) is 16.2. The second kappa shape index (κ2) is 11.7. The number of hydrogen-bond donors (Lipinski definition) is 1. The molecule has 0 aliphatic rings. The average Bonchev–Trinajstić information content (AvgIpc) is 2.65. The number of unbranched alkanes of at least 4 members (excludes halogenated alkanes) is 6. The molecule has 0 fully saturated rings. The number of hydrogen-bond acceptors (Lipinski definition) is 1. The van der Waals surface area contributed by atoms with Crippen molar-refractivity contribution in [2.24, 2.45) is 0 Å². The van der Waals surface area contributed by atoms with Crippen LogP contribution in [0.5, 0.6) is 0 Å². The molecule has 0 amide bonds. The number of rotatable bonds is 12. The van der Waals surface area contributed by atoms with Gasteiger partial charge in [0.05, 0.1) is 0 Å². The van der Waals surface area contributed by atoms with Crippen molar-refractivity contribution in [1.82, 2.24) is 0 Å². The Morgan fingerprint density at radius 2 is 1.00 bits per heavy atom. The number of nitrogens with one attached hydrogen (secondary N) is 1. The molecule has 0 spiro atoms. The summed E-state index contributed by atoms with van der Waals surface area (Å²) >= 11 is 0. The van der Waals surface area contributed by atoms with Gasteiger partial charge in [-0.25, -0.2) is 0 Å². The van der Waals surface area contributed by atoms with Crippen molar-refractivity contribution < 1.29 is 0 Å². The SMILES string of the molecule is CCCCCCc1ccccc1Nc1ccccc1CCCCCC. The lowest BCUT2D eigenvalue weighted by Gasteiger charge is -2.15. The number of benzene rings is 2. The summed E-state index contributed by atoms with van der Waals surface area (Å²) in [4.78, 5) is 0. The molecule has 0 saturated heterocycles. The van der Waals surface area contributed by atoms with E-state index in [-0.39, 0.29) is 0 Å². The Labute approximate surface area is 154 Å². The molecule has 0 aliphatic heterocycles. The molecule has 0 heterocycles. The van der Waals surface area contributed by atoms with Crippen LogP contribution in [-0.2, 0) is 12.8 Å². The van der Waals surface area contributed by atoms with Crippen LogP contribution in [0.3, 0.4) is 0 Å². The van der Waals surface area contributed by atoms with Crippen LogP contribution in [0.15, 0.2) is 48.5 Å². The van der Waals surface area contributed by atoms with Crippen molar-refractivity contribution in [2.45, 2.75) is 78.1 Å². The number of para-hydroxylation sites is 2. The third kappa shape index (κ3) is 6.94. The summed E-state index contributed by atoms with van der Waals surface area (Å²) in [7, 11) is 0. The Morgan fingerprint density at radius 3 is 1.44 bits per heavy atom. The maximum absolute atomic E-state index is 3.72. The first-order valence-corrected chi connectivity index (χ1v) is 10.3. The van der Waals surface area contributed by atoms with Crippen LogP contribution in [0.1, 0.15) is 76.3 Å². The Bertz CT molecular complexity index is 549. The predicted molar refractivity (Wildman–Crippen MR) is 112 cm³/mol. The van der Waals surface area contributed by atoms with Crippen LogP contribution in [0, 0.1) is 0 Å². The van der Waals surface area contributed by atoms with Gasteiger partial charge >= 0.3 is 0 Å². The maximum Gasteiger partial charge on any atom is 0.0416 e. The largest absolute Gasteiger partial charge is 0.355 e. The lowest BCUT2D eigenvalue weighted by molar-refractivity contribution is 0.666. The van der Waals surface area contributed by atoms with E-state index in [4.69, 9.17) is 0 Å². The van der Waals surface area contributed by atoms with E-state index in [0.717, 1.165) is 0 Å². The molecule has 136 valence electrons. The van der Waals surface area contributed by atoms with Gasteiger partial charge in [-0.1, -0.05) is 88.8 Å². The smallest absolute Gasteiger partial charge is 0.0416 e. The van der Waals surface area contributed by atoms with E-state index < -0.39 is 0 Å². The van der Waals surface area contributed by atoms with Gasteiger partial charge in [0.1, 0.15) is 0 Å². The summed E-state index contributed by atoms with van der Waals surface area (Å²) in [5, 5.41) is 3.72. The molecule has 1 nitrogen and oxygen atoms in total. The highest BCUT2D eigenvalue weighted by atomic mass is 14.9. The van der Waals surface area contributed by atoms with Gasteiger partial charge in [0.25, 0.3) is 0 Å². The third-order valence-corrected chi connectivity index (χ3v) is 4.90. The van der Waals surface area contributed by atoms with E-state index >= 15 is 0 Å². The van der Waals surface area contributed by atoms with Crippen molar-refractivity contribution in [3.8, 4) is 0 Å². The van der Waals surface area contributed by atoms with Gasteiger partial charge in [-0.2, -0.15) is 0 Å². The summed E-state index contributed by atoms with van der Waals surface area (Å²) in [6.07, 6.45) is 12.8. The van der Waals surface area contributed by atoms with Gasteiger partial charge in [0.2, 0.25) is 0 Å². The first kappa shape index (κ1) is 19.6. The molecule has 0 unspecified atom stereocenters. The molecule has 0 aliphatic carbocycles. The van der Waals surface area contributed by atoms with Crippen molar-refractivity contribution in [1.29, 1.82) is 0 Å². The number of aryl methyl sites for hydroxylation is 2. The normalized spacial score (nSPS) is 10.8. The van der Waals surface area contributed by atoms with Gasteiger partial charge in [-0.15, -0.1) is 0 Å². The van der Waals surface area contributed by atoms with Gasteiger partial charge in [0.15, 0.2) is 0 Å². The van der Waals surface area contributed by atoms with Crippen LogP contribution in [0.4, 0.5) is 11.4 Å². The fourth-order valence-corrected chi connectivity index (χ4v) is 3.35. The quantitative estimate of drug-likeness (QED) is 0.392. The van der Waals surface area contributed by atoms with Crippen LogP contribution in [0.25, 0.3) is 0 Å². The van der Waals surface area contributed by atoms with Crippen molar-refractivity contribution in [3.63, 3.8) is 0 Å². The molecule has 0 saturated carbocycles. The first-order chi connectivity index (χ1) is 12.3. The molecule has 0 atom stereocenters. The lowest BCUT2D eigenvalue weighted by Crippen LogP contribution is -2.00. The van der Waals surface area contributed by atoms with Crippen LogP contribution < -0.4 is 5.32 Å². The fraction of sp³-hybridized carbons (Fsp3) is 0.500. The van der Waals surface area contributed by atoms with E-state index in [1.54, 1.807) is 0 Å².